The second-order valence-electron chi connectivity index (χ2n) is 7.55. The first kappa shape index (κ1) is 17.4. The van der Waals surface area contributed by atoms with Crippen LogP contribution in [0, 0.1) is 5.92 Å². The monoisotopic (exact) mass is 389 g/mol. The standard InChI is InChI=1S/C22H23N5S/c23-21-17-11-18(28-22(17)25-13-24-21)20-19(16-9-5-2-6-10-16)26-14-27(20)12-15-7-3-1-4-8-15/h2,5-6,9-11,13-15H,1,3-4,7-8,12H2,(H2,23,24,25). The molecule has 5 rings (SSSR count). The summed E-state index contributed by atoms with van der Waals surface area (Å²) in [5, 5.41) is 0.923. The third kappa shape index (κ3) is 3.18. The molecule has 2 N–H and O–H groups in total. The Bertz CT molecular complexity index is 1090. The SMILES string of the molecule is Nc1ncnc2sc(-c3c(-c4ccccc4)ncn3CC3CCCCC3)cc12. The van der Waals surface area contributed by atoms with E-state index >= 15 is 0 Å². The van der Waals surface area contributed by atoms with Crippen molar-refractivity contribution in [2.45, 2.75) is 38.6 Å². The van der Waals surface area contributed by atoms with Gasteiger partial charge < -0.3 is 10.3 Å². The fraction of sp³-hybridized carbons (Fsp3) is 0.318. The molecular formula is C22H23N5S. The zero-order valence-corrected chi connectivity index (χ0v) is 16.5. The molecule has 0 spiro atoms. The van der Waals surface area contributed by atoms with Gasteiger partial charge in [-0.1, -0.05) is 49.6 Å². The highest BCUT2D eigenvalue weighted by Crippen LogP contribution is 2.39. The van der Waals surface area contributed by atoms with Crippen molar-refractivity contribution in [3.05, 3.63) is 49.1 Å². The van der Waals surface area contributed by atoms with E-state index in [9.17, 15) is 0 Å². The Hall–Kier alpha value is -2.73. The lowest BCUT2D eigenvalue weighted by Gasteiger charge is -2.22. The van der Waals surface area contributed by atoms with E-state index < -0.39 is 0 Å². The summed E-state index contributed by atoms with van der Waals surface area (Å²) in [6, 6.07) is 12.5. The minimum atomic E-state index is 0.534. The summed E-state index contributed by atoms with van der Waals surface area (Å²) >= 11 is 1.66. The molecule has 0 atom stereocenters. The molecule has 28 heavy (non-hydrogen) atoms. The highest BCUT2D eigenvalue weighted by molar-refractivity contribution is 7.21. The van der Waals surface area contributed by atoms with Crippen molar-refractivity contribution >= 4 is 27.4 Å². The molecule has 0 saturated heterocycles. The normalized spacial score (nSPS) is 15.3. The van der Waals surface area contributed by atoms with Gasteiger partial charge in [-0.15, -0.1) is 11.3 Å². The molecule has 0 bridgehead atoms. The predicted octanol–water partition coefficient (Wildman–Crippen LogP) is 5.38. The van der Waals surface area contributed by atoms with E-state index in [-0.39, 0.29) is 0 Å². The van der Waals surface area contributed by atoms with Crippen LogP contribution in [0.2, 0.25) is 0 Å². The molecule has 1 aliphatic rings. The van der Waals surface area contributed by atoms with Crippen molar-refractivity contribution in [2.75, 3.05) is 5.73 Å². The van der Waals surface area contributed by atoms with Crippen LogP contribution >= 0.6 is 11.3 Å². The first-order valence-corrected chi connectivity index (χ1v) is 10.7. The van der Waals surface area contributed by atoms with Gasteiger partial charge >= 0.3 is 0 Å². The van der Waals surface area contributed by atoms with Crippen molar-refractivity contribution in [3.63, 3.8) is 0 Å². The Kier molecular flexibility index (Phi) is 4.56. The number of anilines is 1. The zero-order chi connectivity index (χ0) is 18.9. The van der Waals surface area contributed by atoms with Crippen molar-refractivity contribution < 1.29 is 0 Å². The van der Waals surface area contributed by atoms with E-state index in [1.807, 2.05) is 12.4 Å². The maximum Gasteiger partial charge on any atom is 0.135 e. The lowest BCUT2D eigenvalue weighted by molar-refractivity contribution is 0.320. The maximum atomic E-state index is 6.09. The van der Waals surface area contributed by atoms with Crippen molar-refractivity contribution in [1.29, 1.82) is 0 Å². The van der Waals surface area contributed by atoms with Crippen molar-refractivity contribution in [2.24, 2.45) is 5.92 Å². The van der Waals surface area contributed by atoms with Crippen LogP contribution < -0.4 is 5.73 Å². The number of nitrogen functional groups attached to an aromatic ring is 1. The van der Waals surface area contributed by atoms with Gasteiger partial charge in [-0.3, -0.25) is 0 Å². The topological polar surface area (TPSA) is 69.6 Å². The van der Waals surface area contributed by atoms with Gasteiger partial charge in [-0.25, -0.2) is 15.0 Å². The third-order valence-electron chi connectivity index (χ3n) is 5.66. The van der Waals surface area contributed by atoms with Crippen LogP contribution in [0.15, 0.2) is 49.1 Å². The summed E-state index contributed by atoms with van der Waals surface area (Å²) < 4.78 is 2.34. The van der Waals surface area contributed by atoms with E-state index in [1.54, 1.807) is 11.3 Å². The molecule has 142 valence electrons. The van der Waals surface area contributed by atoms with Gasteiger partial charge in [0.2, 0.25) is 0 Å². The van der Waals surface area contributed by atoms with E-state index in [1.165, 1.54) is 44.1 Å². The van der Waals surface area contributed by atoms with Crippen LogP contribution in [0.4, 0.5) is 5.82 Å². The van der Waals surface area contributed by atoms with Crippen molar-refractivity contribution in [3.8, 4) is 21.8 Å². The van der Waals surface area contributed by atoms with Gasteiger partial charge in [0.05, 0.1) is 28.0 Å². The number of rotatable bonds is 4. The van der Waals surface area contributed by atoms with Crippen LogP contribution in [0.1, 0.15) is 32.1 Å². The van der Waals surface area contributed by atoms with Gasteiger partial charge in [-0.05, 0) is 24.8 Å². The van der Waals surface area contributed by atoms with Crippen molar-refractivity contribution in [1.82, 2.24) is 19.5 Å². The van der Waals surface area contributed by atoms with Gasteiger partial charge in [0.25, 0.3) is 0 Å². The number of benzene rings is 1. The Morgan fingerprint density at radius 3 is 2.64 bits per heavy atom. The summed E-state index contributed by atoms with van der Waals surface area (Å²) in [5.41, 5.74) is 9.42. The average Bonchev–Trinajstić information content (AvgIpc) is 3.34. The van der Waals surface area contributed by atoms with E-state index in [4.69, 9.17) is 10.7 Å². The quantitative estimate of drug-likeness (QED) is 0.508. The minimum Gasteiger partial charge on any atom is -0.383 e. The number of nitrogens with two attached hydrogens (primary N) is 1. The molecule has 4 aromatic rings. The molecule has 5 nitrogen and oxygen atoms in total. The highest BCUT2D eigenvalue weighted by atomic mass is 32.1. The maximum absolute atomic E-state index is 6.09. The summed E-state index contributed by atoms with van der Waals surface area (Å²) in [7, 11) is 0. The lowest BCUT2D eigenvalue weighted by Crippen LogP contribution is -2.14. The van der Waals surface area contributed by atoms with E-state index in [0.717, 1.165) is 38.8 Å². The molecule has 0 unspecified atom stereocenters. The Morgan fingerprint density at radius 1 is 1.04 bits per heavy atom. The fourth-order valence-electron chi connectivity index (χ4n) is 4.22. The van der Waals surface area contributed by atoms with E-state index in [0.29, 0.717) is 5.82 Å². The van der Waals surface area contributed by atoms with Crippen LogP contribution in [0.3, 0.4) is 0 Å². The number of hydrogen-bond donors (Lipinski definition) is 1. The number of thiophene rings is 1. The Balaban J connectivity index is 1.63. The molecule has 0 radical (unpaired) electrons. The number of hydrogen-bond acceptors (Lipinski definition) is 5. The predicted molar refractivity (Wildman–Crippen MR) is 115 cm³/mol. The van der Waals surface area contributed by atoms with Gasteiger partial charge in [-0.2, -0.15) is 0 Å². The molecule has 3 heterocycles. The Labute approximate surface area is 168 Å². The van der Waals surface area contributed by atoms with Crippen LogP contribution in [-0.2, 0) is 6.54 Å². The number of nitrogens with zero attached hydrogens (tertiary/aromatic N) is 4. The zero-order valence-electron chi connectivity index (χ0n) is 15.7. The largest absolute Gasteiger partial charge is 0.383 e. The molecule has 1 aromatic carbocycles. The molecular weight excluding hydrogens is 366 g/mol. The molecule has 3 aromatic heterocycles. The number of fused-ring (bicyclic) bond motifs is 1. The number of imidazole rings is 1. The second-order valence-corrected chi connectivity index (χ2v) is 8.58. The molecule has 0 aliphatic heterocycles. The van der Waals surface area contributed by atoms with Crippen LogP contribution in [-0.4, -0.2) is 19.5 Å². The molecule has 1 aliphatic carbocycles. The molecule has 1 fully saturated rings. The molecule has 1 saturated carbocycles. The van der Waals surface area contributed by atoms with E-state index in [2.05, 4.69) is 44.9 Å². The van der Waals surface area contributed by atoms with Gasteiger partial charge in [0.1, 0.15) is 17.0 Å². The van der Waals surface area contributed by atoms with Crippen LogP contribution in [0.25, 0.3) is 32.0 Å². The summed E-state index contributed by atoms with van der Waals surface area (Å²) in [5.74, 6) is 1.26. The van der Waals surface area contributed by atoms with Gasteiger partial charge in [0, 0.05) is 12.1 Å². The summed E-state index contributed by atoms with van der Waals surface area (Å²) in [6.07, 6.45) is 10.2. The van der Waals surface area contributed by atoms with Gasteiger partial charge in [0.15, 0.2) is 0 Å². The third-order valence-corrected chi connectivity index (χ3v) is 6.71. The lowest BCUT2D eigenvalue weighted by atomic mass is 9.89. The number of aromatic nitrogens is 4. The fourth-order valence-corrected chi connectivity index (χ4v) is 5.29. The second kappa shape index (κ2) is 7.36. The van der Waals surface area contributed by atoms with Crippen LogP contribution in [0.5, 0.6) is 0 Å². The molecule has 6 heteroatoms. The first-order valence-electron chi connectivity index (χ1n) is 9.90. The molecule has 0 amide bonds. The first-order chi connectivity index (χ1) is 13.8. The minimum absolute atomic E-state index is 0.534. The highest BCUT2D eigenvalue weighted by Gasteiger charge is 2.21. The summed E-state index contributed by atoms with van der Waals surface area (Å²) in [6.45, 7) is 1.02. The Morgan fingerprint density at radius 2 is 1.86 bits per heavy atom. The summed E-state index contributed by atoms with van der Waals surface area (Å²) in [4.78, 5) is 15.5. The smallest absolute Gasteiger partial charge is 0.135 e. The average molecular weight is 390 g/mol.